The lowest BCUT2D eigenvalue weighted by atomic mass is 10.0. The molecule has 10 nitrogen and oxygen atoms in total. The molecule has 4 aromatic rings. The van der Waals surface area contributed by atoms with E-state index < -0.39 is 0 Å². The molecule has 2 aromatic carbocycles. The smallest absolute Gasteiger partial charge is 0.255 e. The van der Waals surface area contributed by atoms with E-state index in [4.69, 9.17) is 5.11 Å². The molecule has 0 bridgehead atoms. The Balaban J connectivity index is 1.20. The van der Waals surface area contributed by atoms with Gasteiger partial charge in [0.1, 0.15) is 5.82 Å². The van der Waals surface area contributed by atoms with Gasteiger partial charge in [-0.2, -0.15) is 5.10 Å². The predicted molar refractivity (Wildman–Crippen MR) is 164 cm³/mol. The van der Waals surface area contributed by atoms with E-state index in [1.54, 1.807) is 47.5 Å². The molecule has 43 heavy (non-hydrogen) atoms. The number of benzene rings is 2. The molecule has 1 fully saturated rings. The van der Waals surface area contributed by atoms with Crippen molar-refractivity contribution >= 4 is 23.2 Å². The molecule has 0 unspecified atom stereocenters. The molecule has 0 atom stereocenters. The van der Waals surface area contributed by atoms with Gasteiger partial charge in [0.15, 0.2) is 0 Å². The number of anilines is 3. The highest BCUT2D eigenvalue weighted by atomic mass is 19.1. The van der Waals surface area contributed by atoms with Crippen molar-refractivity contribution in [2.45, 2.75) is 26.4 Å². The van der Waals surface area contributed by atoms with Gasteiger partial charge in [0.25, 0.3) is 5.91 Å². The number of hydrogen-bond donors (Lipinski definition) is 3. The molecule has 5 rings (SSSR count). The molecule has 0 spiro atoms. The van der Waals surface area contributed by atoms with Crippen LogP contribution in [0.3, 0.4) is 0 Å². The maximum absolute atomic E-state index is 14.9. The standard InChI is InChI=1S/C32H35FN8O2/c1-23-4-6-26(31(43)37-28-9-8-27(30(33)17-28)21-40-13-11-39(2)12-14-40)16-25(23)7-5-24-18-34-32(35-19-24)38-29-20-36-41(22-29)10-3-15-42/h4,6,8-9,16-20,22,42H,3,10-15,21H2,1-2H3,(H,37,43)(H,34,35,38). The fourth-order valence-electron chi connectivity index (χ4n) is 4.61. The van der Waals surface area contributed by atoms with Gasteiger partial charge in [-0.15, -0.1) is 0 Å². The number of nitrogens with one attached hydrogen (secondary N) is 2. The zero-order valence-corrected chi connectivity index (χ0v) is 24.3. The van der Waals surface area contributed by atoms with E-state index in [0.717, 1.165) is 37.4 Å². The Morgan fingerprint density at radius 3 is 2.56 bits per heavy atom. The van der Waals surface area contributed by atoms with E-state index in [1.165, 1.54) is 6.07 Å². The Morgan fingerprint density at radius 1 is 1.02 bits per heavy atom. The molecule has 0 saturated carbocycles. The largest absolute Gasteiger partial charge is 0.396 e. The van der Waals surface area contributed by atoms with Crippen LogP contribution >= 0.6 is 0 Å². The summed E-state index contributed by atoms with van der Waals surface area (Å²) < 4.78 is 16.6. The number of carbonyl (C=O) groups is 1. The summed E-state index contributed by atoms with van der Waals surface area (Å²) in [7, 11) is 2.09. The van der Waals surface area contributed by atoms with Crippen LogP contribution in [-0.2, 0) is 13.1 Å². The van der Waals surface area contributed by atoms with Gasteiger partial charge in [-0.25, -0.2) is 14.4 Å². The predicted octanol–water partition coefficient (Wildman–Crippen LogP) is 3.65. The summed E-state index contributed by atoms with van der Waals surface area (Å²) in [4.78, 5) is 26.1. The number of halogens is 1. The maximum atomic E-state index is 14.9. The highest BCUT2D eigenvalue weighted by molar-refractivity contribution is 6.04. The molecule has 3 N–H and O–H groups in total. The monoisotopic (exact) mass is 582 g/mol. The van der Waals surface area contributed by atoms with Crippen LogP contribution in [0.15, 0.2) is 61.2 Å². The normalized spacial score (nSPS) is 13.8. The third-order valence-corrected chi connectivity index (χ3v) is 7.23. The second-order valence-electron chi connectivity index (χ2n) is 10.6. The van der Waals surface area contributed by atoms with Crippen molar-refractivity contribution in [2.24, 2.45) is 0 Å². The number of likely N-dealkylation sites (N-methyl/N-ethyl adjacent to an activating group) is 1. The van der Waals surface area contributed by atoms with Crippen molar-refractivity contribution in [3.05, 3.63) is 94.8 Å². The number of nitrogens with zero attached hydrogens (tertiary/aromatic N) is 6. The van der Waals surface area contributed by atoms with Crippen molar-refractivity contribution in [2.75, 3.05) is 50.5 Å². The average molecular weight is 583 g/mol. The number of aliphatic hydroxyl groups excluding tert-OH is 1. The van der Waals surface area contributed by atoms with Gasteiger partial charge in [0, 0.05) is 86.8 Å². The second kappa shape index (κ2) is 14.0. The average Bonchev–Trinajstić information content (AvgIpc) is 3.46. The fourth-order valence-corrected chi connectivity index (χ4v) is 4.61. The lowest BCUT2D eigenvalue weighted by Crippen LogP contribution is -2.44. The minimum Gasteiger partial charge on any atom is -0.396 e. The van der Waals surface area contributed by atoms with Crippen LogP contribution in [0.25, 0.3) is 0 Å². The Kier molecular flexibility index (Phi) is 9.73. The molecule has 2 aromatic heterocycles. The van der Waals surface area contributed by atoms with Crippen molar-refractivity contribution < 1.29 is 14.3 Å². The molecule has 222 valence electrons. The highest BCUT2D eigenvalue weighted by Gasteiger charge is 2.16. The second-order valence-corrected chi connectivity index (χ2v) is 10.6. The molecule has 0 aliphatic carbocycles. The quantitative estimate of drug-likeness (QED) is 0.257. The van der Waals surface area contributed by atoms with Gasteiger partial charge in [-0.1, -0.05) is 24.0 Å². The molecular weight excluding hydrogens is 547 g/mol. The van der Waals surface area contributed by atoms with Crippen LogP contribution in [0.4, 0.5) is 21.7 Å². The van der Waals surface area contributed by atoms with Gasteiger partial charge in [-0.3, -0.25) is 14.4 Å². The summed E-state index contributed by atoms with van der Waals surface area (Å²) >= 11 is 0. The topological polar surface area (TPSA) is 111 Å². The van der Waals surface area contributed by atoms with Crippen molar-refractivity contribution in [3.8, 4) is 11.8 Å². The summed E-state index contributed by atoms with van der Waals surface area (Å²) in [6.07, 6.45) is 7.35. The number of rotatable bonds is 9. The van der Waals surface area contributed by atoms with Crippen molar-refractivity contribution in [3.63, 3.8) is 0 Å². The summed E-state index contributed by atoms with van der Waals surface area (Å²) in [5.74, 6) is 5.90. The minimum atomic E-state index is -0.340. The Hall–Kier alpha value is -4.63. The van der Waals surface area contributed by atoms with Crippen LogP contribution in [-0.4, -0.2) is 80.4 Å². The van der Waals surface area contributed by atoms with Gasteiger partial charge in [0.05, 0.1) is 17.4 Å². The van der Waals surface area contributed by atoms with Gasteiger partial charge >= 0.3 is 0 Å². The molecular formula is C32H35FN8O2. The summed E-state index contributed by atoms with van der Waals surface area (Å²) in [5, 5.41) is 19.1. The van der Waals surface area contributed by atoms with Crippen LogP contribution < -0.4 is 10.6 Å². The van der Waals surface area contributed by atoms with Gasteiger partial charge < -0.3 is 20.6 Å². The van der Waals surface area contributed by atoms with Crippen molar-refractivity contribution in [1.29, 1.82) is 0 Å². The minimum absolute atomic E-state index is 0.110. The number of carbonyl (C=O) groups excluding carboxylic acids is 1. The number of hydrogen-bond acceptors (Lipinski definition) is 8. The number of aromatic nitrogens is 4. The summed E-state index contributed by atoms with van der Waals surface area (Å²) in [5.41, 5.74) is 4.42. The van der Waals surface area contributed by atoms with Crippen LogP contribution in [0, 0.1) is 24.6 Å². The molecule has 1 aliphatic rings. The van der Waals surface area contributed by atoms with Crippen LogP contribution in [0.1, 0.15) is 39.0 Å². The van der Waals surface area contributed by atoms with E-state index in [0.29, 0.717) is 53.4 Å². The van der Waals surface area contributed by atoms with E-state index in [-0.39, 0.29) is 18.3 Å². The fraction of sp³-hybridized carbons (Fsp3) is 0.312. The first-order valence-corrected chi connectivity index (χ1v) is 14.2. The van der Waals surface area contributed by atoms with Crippen LogP contribution in [0.2, 0.25) is 0 Å². The van der Waals surface area contributed by atoms with E-state index in [1.807, 2.05) is 19.2 Å². The molecule has 0 radical (unpaired) electrons. The zero-order valence-electron chi connectivity index (χ0n) is 24.3. The number of piperazine rings is 1. The first kappa shape index (κ1) is 29.8. The molecule has 11 heteroatoms. The SMILES string of the molecule is Cc1ccc(C(=O)Nc2ccc(CN3CCN(C)CC3)c(F)c2)cc1C#Cc1cnc(Nc2cnn(CCCO)c2)nc1. The zero-order chi connectivity index (χ0) is 30.2. The molecule has 1 aliphatic heterocycles. The highest BCUT2D eigenvalue weighted by Crippen LogP contribution is 2.19. The third kappa shape index (κ3) is 8.23. The maximum Gasteiger partial charge on any atom is 0.255 e. The molecule has 3 heterocycles. The van der Waals surface area contributed by atoms with E-state index >= 15 is 0 Å². The van der Waals surface area contributed by atoms with Gasteiger partial charge in [0.2, 0.25) is 5.95 Å². The van der Waals surface area contributed by atoms with Gasteiger partial charge in [-0.05, 0) is 50.2 Å². The Labute approximate surface area is 250 Å². The summed E-state index contributed by atoms with van der Waals surface area (Å²) in [6, 6.07) is 10.1. The van der Waals surface area contributed by atoms with Crippen molar-refractivity contribution in [1.82, 2.24) is 29.5 Å². The lowest BCUT2D eigenvalue weighted by molar-refractivity contribution is 0.102. The molecule has 1 amide bonds. The lowest BCUT2D eigenvalue weighted by Gasteiger charge is -2.32. The number of aliphatic hydroxyl groups is 1. The van der Waals surface area contributed by atoms with E-state index in [2.05, 4.69) is 54.4 Å². The Morgan fingerprint density at radius 2 is 1.81 bits per heavy atom. The number of amides is 1. The number of aryl methyl sites for hydroxylation is 2. The molecule has 1 saturated heterocycles. The Bertz CT molecular complexity index is 1620. The third-order valence-electron chi connectivity index (χ3n) is 7.23. The first-order valence-electron chi connectivity index (χ1n) is 14.2. The summed E-state index contributed by atoms with van der Waals surface area (Å²) in [6.45, 7) is 6.96. The van der Waals surface area contributed by atoms with Crippen LogP contribution in [0.5, 0.6) is 0 Å². The first-order chi connectivity index (χ1) is 20.9. The van der Waals surface area contributed by atoms with E-state index in [9.17, 15) is 9.18 Å².